The third-order valence-corrected chi connectivity index (χ3v) is 4.81. The molecule has 1 atom stereocenters. The maximum Gasteiger partial charge on any atom is 0.223 e. The molecule has 1 fully saturated rings. The molecule has 0 aromatic heterocycles. The number of carbonyl (C=O) groups is 1. The summed E-state index contributed by atoms with van der Waals surface area (Å²) in [5.41, 5.74) is 9.41. The Hall–Kier alpha value is -1.35. The molecule has 1 amide bonds. The summed E-state index contributed by atoms with van der Waals surface area (Å²) < 4.78 is 0. The van der Waals surface area contributed by atoms with Crippen LogP contribution in [0.4, 0.5) is 0 Å². The van der Waals surface area contributed by atoms with Crippen LogP contribution in [0.15, 0.2) is 18.2 Å². The van der Waals surface area contributed by atoms with Crippen molar-refractivity contribution in [2.75, 3.05) is 6.54 Å². The van der Waals surface area contributed by atoms with Crippen LogP contribution in [0.25, 0.3) is 0 Å². The van der Waals surface area contributed by atoms with E-state index in [4.69, 9.17) is 5.73 Å². The van der Waals surface area contributed by atoms with E-state index in [1.54, 1.807) is 0 Å². The summed E-state index contributed by atoms with van der Waals surface area (Å²) in [4.78, 5) is 12.4. The molecule has 1 aliphatic rings. The summed E-state index contributed by atoms with van der Waals surface area (Å²) in [7, 11) is 0. The predicted molar refractivity (Wildman–Crippen MR) is 87.0 cm³/mol. The largest absolute Gasteiger partial charge is 0.349 e. The summed E-state index contributed by atoms with van der Waals surface area (Å²) in [5, 5.41) is 3.20. The minimum absolute atomic E-state index is 0.0737. The number of aryl methyl sites for hydroxylation is 2. The van der Waals surface area contributed by atoms with Gasteiger partial charge in [-0.2, -0.15) is 0 Å². The molecular weight excluding hydrogens is 260 g/mol. The third-order valence-electron chi connectivity index (χ3n) is 4.81. The van der Waals surface area contributed by atoms with E-state index in [1.165, 1.54) is 16.7 Å². The molecule has 1 aliphatic carbocycles. The van der Waals surface area contributed by atoms with Crippen LogP contribution in [-0.2, 0) is 4.79 Å². The molecule has 0 radical (unpaired) electrons. The van der Waals surface area contributed by atoms with Crippen LogP contribution >= 0.6 is 0 Å². The van der Waals surface area contributed by atoms with Crippen molar-refractivity contribution in [3.05, 3.63) is 34.9 Å². The van der Waals surface area contributed by atoms with Crippen LogP contribution in [0, 0.1) is 25.7 Å². The molecule has 3 nitrogen and oxygen atoms in total. The zero-order chi connectivity index (χ0) is 15.4. The number of rotatable bonds is 4. The van der Waals surface area contributed by atoms with E-state index in [-0.39, 0.29) is 17.9 Å². The van der Waals surface area contributed by atoms with Gasteiger partial charge in [-0.15, -0.1) is 0 Å². The molecule has 0 heterocycles. The molecular formula is C18H28N2O. The molecule has 0 saturated heterocycles. The molecule has 3 N–H and O–H groups in total. The van der Waals surface area contributed by atoms with Crippen molar-refractivity contribution >= 4 is 5.91 Å². The molecule has 0 aliphatic heterocycles. The smallest absolute Gasteiger partial charge is 0.223 e. The van der Waals surface area contributed by atoms with E-state index in [1.807, 2.05) is 0 Å². The summed E-state index contributed by atoms with van der Waals surface area (Å²) in [6, 6.07) is 6.48. The minimum Gasteiger partial charge on any atom is -0.349 e. The van der Waals surface area contributed by atoms with Gasteiger partial charge in [0.05, 0.1) is 6.04 Å². The Morgan fingerprint density at radius 2 is 1.95 bits per heavy atom. The number of hydrogen-bond acceptors (Lipinski definition) is 2. The maximum atomic E-state index is 12.4. The highest BCUT2D eigenvalue weighted by molar-refractivity contribution is 5.79. The zero-order valence-electron chi connectivity index (χ0n) is 13.5. The molecule has 3 heteroatoms. The van der Waals surface area contributed by atoms with Crippen LogP contribution in [0.2, 0.25) is 0 Å². The second kappa shape index (κ2) is 7.08. The van der Waals surface area contributed by atoms with Crippen molar-refractivity contribution in [3.8, 4) is 0 Å². The lowest BCUT2D eigenvalue weighted by molar-refractivity contribution is -0.126. The number of nitrogens with one attached hydrogen (secondary N) is 1. The SMILES string of the molecule is Cc1ccc(C)c(C(C)NC(=O)C2CCC(CN)CC2)c1. The highest BCUT2D eigenvalue weighted by Crippen LogP contribution is 2.29. The molecule has 0 spiro atoms. The van der Waals surface area contributed by atoms with Gasteiger partial charge in [-0.25, -0.2) is 0 Å². The Kier molecular flexibility index (Phi) is 5.40. The number of hydrogen-bond donors (Lipinski definition) is 2. The first-order valence-electron chi connectivity index (χ1n) is 8.09. The molecule has 1 unspecified atom stereocenters. The molecule has 1 aromatic carbocycles. The lowest BCUT2D eigenvalue weighted by Gasteiger charge is -2.28. The van der Waals surface area contributed by atoms with Crippen LogP contribution in [0.3, 0.4) is 0 Å². The van der Waals surface area contributed by atoms with Crippen LogP contribution in [0.1, 0.15) is 55.3 Å². The first-order valence-corrected chi connectivity index (χ1v) is 8.09. The highest BCUT2D eigenvalue weighted by atomic mass is 16.1. The Morgan fingerprint density at radius 3 is 2.57 bits per heavy atom. The van der Waals surface area contributed by atoms with Gasteiger partial charge < -0.3 is 11.1 Å². The van der Waals surface area contributed by atoms with Crippen LogP contribution < -0.4 is 11.1 Å². The number of nitrogens with two attached hydrogens (primary N) is 1. The molecule has 116 valence electrons. The van der Waals surface area contributed by atoms with E-state index in [9.17, 15) is 4.79 Å². The Balaban J connectivity index is 1.95. The van der Waals surface area contributed by atoms with Gasteiger partial charge >= 0.3 is 0 Å². The van der Waals surface area contributed by atoms with Crippen molar-refractivity contribution in [3.63, 3.8) is 0 Å². The molecule has 0 bridgehead atoms. The second-order valence-electron chi connectivity index (χ2n) is 6.54. The van der Waals surface area contributed by atoms with Crippen molar-refractivity contribution in [1.29, 1.82) is 0 Å². The standard InChI is InChI=1S/C18H28N2O/c1-12-4-5-13(2)17(10-12)14(3)20-18(21)16-8-6-15(11-19)7-9-16/h4-5,10,14-16H,6-9,11,19H2,1-3H3,(H,20,21). The fraction of sp³-hybridized carbons (Fsp3) is 0.611. The number of benzene rings is 1. The number of amides is 1. The van der Waals surface area contributed by atoms with Gasteiger partial charge in [0, 0.05) is 5.92 Å². The van der Waals surface area contributed by atoms with Crippen LogP contribution in [-0.4, -0.2) is 12.5 Å². The first kappa shape index (κ1) is 16.0. The van der Waals surface area contributed by atoms with Gasteiger partial charge in [0.15, 0.2) is 0 Å². The van der Waals surface area contributed by atoms with Gasteiger partial charge in [0.2, 0.25) is 5.91 Å². The average molecular weight is 288 g/mol. The summed E-state index contributed by atoms with van der Waals surface area (Å²) >= 11 is 0. The van der Waals surface area contributed by atoms with E-state index in [2.05, 4.69) is 44.3 Å². The third kappa shape index (κ3) is 4.07. The number of carbonyl (C=O) groups excluding carboxylic acids is 1. The Bertz CT molecular complexity index is 490. The fourth-order valence-corrected chi connectivity index (χ4v) is 3.30. The lowest BCUT2D eigenvalue weighted by Crippen LogP contribution is -2.35. The highest BCUT2D eigenvalue weighted by Gasteiger charge is 2.26. The van der Waals surface area contributed by atoms with Crippen LogP contribution in [0.5, 0.6) is 0 Å². The van der Waals surface area contributed by atoms with E-state index >= 15 is 0 Å². The predicted octanol–water partition coefficient (Wildman–Crippen LogP) is 3.25. The maximum absolute atomic E-state index is 12.4. The zero-order valence-corrected chi connectivity index (χ0v) is 13.5. The van der Waals surface area contributed by atoms with Crippen molar-refractivity contribution < 1.29 is 4.79 Å². The second-order valence-corrected chi connectivity index (χ2v) is 6.54. The molecule has 1 saturated carbocycles. The summed E-state index contributed by atoms with van der Waals surface area (Å²) in [6.07, 6.45) is 4.14. The van der Waals surface area contributed by atoms with Crippen molar-refractivity contribution in [2.24, 2.45) is 17.6 Å². The normalized spacial score (nSPS) is 23.6. The first-order chi connectivity index (χ1) is 10.0. The van der Waals surface area contributed by atoms with Crippen molar-refractivity contribution in [1.82, 2.24) is 5.32 Å². The Labute approximate surface area is 128 Å². The van der Waals surface area contributed by atoms with Gasteiger partial charge in [0.1, 0.15) is 0 Å². The lowest BCUT2D eigenvalue weighted by atomic mass is 9.81. The van der Waals surface area contributed by atoms with E-state index < -0.39 is 0 Å². The topological polar surface area (TPSA) is 55.1 Å². The summed E-state index contributed by atoms with van der Waals surface area (Å²) in [5.74, 6) is 0.990. The monoisotopic (exact) mass is 288 g/mol. The fourth-order valence-electron chi connectivity index (χ4n) is 3.30. The van der Waals surface area contributed by atoms with E-state index in [0.717, 1.165) is 32.2 Å². The Morgan fingerprint density at radius 1 is 1.29 bits per heavy atom. The van der Waals surface area contributed by atoms with Gasteiger partial charge in [-0.3, -0.25) is 4.79 Å². The van der Waals surface area contributed by atoms with Crippen molar-refractivity contribution in [2.45, 2.75) is 52.5 Å². The minimum atomic E-state index is 0.0737. The van der Waals surface area contributed by atoms with E-state index in [0.29, 0.717) is 5.92 Å². The summed E-state index contributed by atoms with van der Waals surface area (Å²) in [6.45, 7) is 7.02. The van der Waals surface area contributed by atoms with Gasteiger partial charge in [0.25, 0.3) is 0 Å². The van der Waals surface area contributed by atoms with Gasteiger partial charge in [-0.1, -0.05) is 23.8 Å². The van der Waals surface area contributed by atoms with Gasteiger partial charge in [-0.05, 0) is 70.0 Å². The average Bonchev–Trinajstić information content (AvgIpc) is 2.49. The molecule has 21 heavy (non-hydrogen) atoms. The molecule has 1 aromatic rings. The quantitative estimate of drug-likeness (QED) is 0.893. The molecule has 2 rings (SSSR count).